The molecule has 0 saturated carbocycles. The molecule has 98 valence electrons. The van der Waals surface area contributed by atoms with Crippen LogP contribution in [0.3, 0.4) is 0 Å². The van der Waals surface area contributed by atoms with Gasteiger partial charge in [-0.2, -0.15) is 11.8 Å². The van der Waals surface area contributed by atoms with Gasteiger partial charge in [0.25, 0.3) is 0 Å². The van der Waals surface area contributed by atoms with Gasteiger partial charge in [0.05, 0.1) is 0 Å². The van der Waals surface area contributed by atoms with Crippen molar-refractivity contribution in [2.24, 2.45) is 0 Å². The number of nitrogens with one attached hydrogen (secondary N) is 2. The van der Waals surface area contributed by atoms with Crippen LogP contribution in [0.1, 0.15) is 12.5 Å². The Hall–Kier alpha value is -1.49. The molecule has 0 fully saturated rings. The van der Waals surface area contributed by atoms with E-state index in [9.17, 15) is 9.59 Å². The lowest BCUT2D eigenvalue weighted by Crippen LogP contribution is -2.47. The Morgan fingerprint density at radius 1 is 1.28 bits per heavy atom. The number of amides is 2. The SMILES string of the molecule is CSC[C@H](NC(C)=O)C(=O)NCc1ccccc1. The molecule has 2 amide bonds. The lowest BCUT2D eigenvalue weighted by atomic mass is 10.2. The molecule has 1 aromatic rings. The second-order valence-electron chi connectivity index (χ2n) is 3.91. The predicted molar refractivity (Wildman–Crippen MR) is 74.3 cm³/mol. The molecular formula is C13H18N2O2S. The maximum absolute atomic E-state index is 11.9. The lowest BCUT2D eigenvalue weighted by molar-refractivity contribution is -0.127. The first-order chi connectivity index (χ1) is 8.63. The summed E-state index contributed by atoms with van der Waals surface area (Å²) in [4.78, 5) is 22.9. The minimum absolute atomic E-state index is 0.150. The largest absolute Gasteiger partial charge is 0.350 e. The zero-order chi connectivity index (χ0) is 13.4. The molecule has 0 unspecified atom stereocenters. The Morgan fingerprint density at radius 2 is 1.94 bits per heavy atom. The zero-order valence-electron chi connectivity index (χ0n) is 10.6. The molecule has 0 spiro atoms. The smallest absolute Gasteiger partial charge is 0.243 e. The number of benzene rings is 1. The molecular weight excluding hydrogens is 248 g/mol. The van der Waals surface area contributed by atoms with Gasteiger partial charge in [0.2, 0.25) is 11.8 Å². The van der Waals surface area contributed by atoms with Gasteiger partial charge in [-0.05, 0) is 11.8 Å². The second-order valence-corrected chi connectivity index (χ2v) is 4.82. The molecule has 0 heterocycles. The van der Waals surface area contributed by atoms with Gasteiger partial charge in [-0.25, -0.2) is 0 Å². The Morgan fingerprint density at radius 3 is 2.50 bits per heavy atom. The standard InChI is InChI=1S/C13H18N2O2S/c1-10(16)15-12(9-18-2)13(17)14-8-11-6-4-3-5-7-11/h3-7,12H,8-9H2,1-2H3,(H,14,17)(H,15,16)/t12-/m0/s1. The van der Waals surface area contributed by atoms with Crippen molar-refractivity contribution in [3.8, 4) is 0 Å². The third-order valence-corrected chi connectivity index (χ3v) is 3.00. The number of carbonyl (C=O) groups excluding carboxylic acids is 2. The maximum Gasteiger partial charge on any atom is 0.243 e. The average molecular weight is 266 g/mol. The van der Waals surface area contributed by atoms with E-state index in [4.69, 9.17) is 0 Å². The topological polar surface area (TPSA) is 58.2 Å². The summed E-state index contributed by atoms with van der Waals surface area (Å²) in [6, 6.07) is 9.20. The van der Waals surface area contributed by atoms with E-state index in [1.807, 2.05) is 36.6 Å². The van der Waals surface area contributed by atoms with Gasteiger partial charge in [-0.1, -0.05) is 30.3 Å². The van der Waals surface area contributed by atoms with E-state index >= 15 is 0 Å². The molecule has 5 heteroatoms. The Labute approximate surface area is 112 Å². The summed E-state index contributed by atoms with van der Waals surface area (Å²) >= 11 is 1.53. The first-order valence-corrected chi connectivity index (χ1v) is 7.10. The molecule has 18 heavy (non-hydrogen) atoms. The molecule has 0 radical (unpaired) electrons. The molecule has 0 aliphatic rings. The van der Waals surface area contributed by atoms with Crippen LogP contribution in [0.5, 0.6) is 0 Å². The second kappa shape index (κ2) is 7.76. The van der Waals surface area contributed by atoms with Crippen molar-refractivity contribution in [2.75, 3.05) is 12.0 Å². The van der Waals surface area contributed by atoms with E-state index < -0.39 is 6.04 Å². The summed E-state index contributed by atoms with van der Waals surface area (Å²) in [6.07, 6.45) is 1.90. The number of hydrogen-bond acceptors (Lipinski definition) is 3. The lowest BCUT2D eigenvalue weighted by Gasteiger charge is -2.16. The number of rotatable bonds is 6. The van der Waals surface area contributed by atoms with Gasteiger partial charge in [-0.3, -0.25) is 9.59 Å². The van der Waals surface area contributed by atoms with E-state index in [2.05, 4.69) is 10.6 Å². The van der Waals surface area contributed by atoms with Crippen molar-refractivity contribution in [1.82, 2.24) is 10.6 Å². The minimum atomic E-state index is -0.471. The van der Waals surface area contributed by atoms with Crippen molar-refractivity contribution < 1.29 is 9.59 Å². The van der Waals surface area contributed by atoms with E-state index in [0.29, 0.717) is 12.3 Å². The summed E-state index contributed by atoms with van der Waals surface area (Å²) in [5.74, 6) is 0.229. The van der Waals surface area contributed by atoms with Crippen LogP contribution in [-0.4, -0.2) is 29.9 Å². The Bertz CT molecular complexity index is 395. The number of thioether (sulfide) groups is 1. The molecule has 0 bridgehead atoms. The van der Waals surface area contributed by atoms with Crippen LogP contribution in [0.4, 0.5) is 0 Å². The quantitative estimate of drug-likeness (QED) is 0.812. The number of hydrogen-bond donors (Lipinski definition) is 2. The van der Waals surface area contributed by atoms with Gasteiger partial charge in [0.1, 0.15) is 6.04 Å². The van der Waals surface area contributed by atoms with E-state index in [0.717, 1.165) is 5.56 Å². The Kier molecular flexibility index (Phi) is 6.28. The summed E-state index contributed by atoms with van der Waals surface area (Å²) in [5, 5.41) is 5.47. The van der Waals surface area contributed by atoms with Gasteiger partial charge in [-0.15, -0.1) is 0 Å². The van der Waals surface area contributed by atoms with Crippen LogP contribution in [0.2, 0.25) is 0 Å². The van der Waals surface area contributed by atoms with Crippen molar-refractivity contribution in [1.29, 1.82) is 0 Å². The highest BCUT2D eigenvalue weighted by atomic mass is 32.2. The molecule has 2 N–H and O–H groups in total. The van der Waals surface area contributed by atoms with Crippen LogP contribution in [-0.2, 0) is 16.1 Å². The molecule has 0 aromatic heterocycles. The average Bonchev–Trinajstić information content (AvgIpc) is 2.36. The van der Waals surface area contributed by atoms with Gasteiger partial charge >= 0.3 is 0 Å². The summed E-state index contributed by atoms with van der Waals surface area (Å²) in [7, 11) is 0. The van der Waals surface area contributed by atoms with Gasteiger partial charge in [0, 0.05) is 19.2 Å². The molecule has 0 saturated heterocycles. The summed E-state index contributed by atoms with van der Waals surface area (Å²) < 4.78 is 0. The molecule has 4 nitrogen and oxygen atoms in total. The van der Waals surface area contributed by atoms with Crippen LogP contribution in [0.15, 0.2) is 30.3 Å². The van der Waals surface area contributed by atoms with E-state index in [1.54, 1.807) is 0 Å². The predicted octanol–water partition coefficient (Wildman–Crippen LogP) is 1.17. The van der Waals surface area contributed by atoms with Crippen LogP contribution >= 0.6 is 11.8 Å². The highest BCUT2D eigenvalue weighted by Gasteiger charge is 2.18. The van der Waals surface area contributed by atoms with E-state index in [-0.39, 0.29) is 11.8 Å². The molecule has 0 aliphatic carbocycles. The Balaban J connectivity index is 2.48. The number of carbonyl (C=O) groups is 2. The molecule has 0 aliphatic heterocycles. The highest BCUT2D eigenvalue weighted by molar-refractivity contribution is 7.98. The third kappa shape index (κ3) is 5.23. The van der Waals surface area contributed by atoms with Crippen LogP contribution < -0.4 is 10.6 Å². The normalized spacial score (nSPS) is 11.7. The fraction of sp³-hybridized carbons (Fsp3) is 0.385. The van der Waals surface area contributed by atoms with Crippen molar-refractivity contribution in [3.05, 3.63) is 35.9 Å². The first-order valence-electron chi connectivity index (χ1n) is 5.71. The summed E-state index contributed by atoms with van der Waals surface area (Å²) in [6.45, 7) is 1.89. The molecule has 1 atom stereocenters. The van der Waals surface area contributed by atoms with E-state index in [1.165, 1.54) is 18.7 Å². The minimum Gasteiger partial charge on any atom is -0.350 e. The monoisotopic (exact) mass is 266 g/mol. The van der Waals surface area contributed by atoms with Crippen molar-refractivity contribution in [3.63, 3.8) is 0 Å². The first kappa shape index (κ1) is 14.6. The maximum atomic E-state index is 11.9. The molecule has 1 aromatic carbocycles. The van der Waals surface area contributed by atoms with Crippen LogP contribution in [0, 0.1) is 0 Å². The zero-order valence-corrected chi connectivity index (χ0v) is 11.4. The summed E-state index contributed by atoms with van der Waals surface area (Å²) in [5.41, 5.74) is 1.04. The fourth-order valence-electron chi connectivity index (χ4n) is 1.50. The third-order valence-electron chi connectivity index (χ3n) is 2.34. The van der Waals surface area contributed by atoms with Gasteiger partial charge in [0.15, 0.2) is 0 Å². The highest BCUT2D eigenvalue weighted by Crippen LogP contribution is 2.00. The fourth-order valence-corrected chi connectivity index (χ4v) is 2.07. The molecule has 1 rings (SSSR count). The van der Waals surface area contributed by atoms with Gasteiger partial charge < -0.3 is 10.6 Å². The van der Waals surface area contributed by atoms with Crippen molar-refractivity contribution >= 4 is 23.6 Å². The van der Waals surface area contributed by atoms with Crippen molar-refractivity contribution in [2.45, 2.75) is 19.5 Å². The van der Waals surface area contributed by atoms with Crippen LogP contribution in [0.25, 0.3) is 0 Å².